The van der Waals surface area contributed by atoms with Gasteiger partial charge in [0.1, 0.15) is 22.3 Å². The van der Waals surface area contributed by atoms with Crippen molar-refractivity contribution >= 4 is 43.9 Å². The summed E-state index contributed by atoms with van der Waals surface area (Å²) in [5.41, 5.74) is 12.6. The Hall–Kier alpha value is -6.37. The van der Waals surface area contributed by atoms with E-state index in [1.165, 1.54) is 0 Å². The molecule has 9 rings (SSSR count). The van der Waals surface area contributed by atoms with Crippen molar-refractivity contribution in [3.63, 3.8) is 0 Å². The monoisotopic (exact) mass is 587 g/mol. The van der Waals surface area contributed by atoms with Gasteiger partial charge in [0, 0.05) is 21.5 Å². The zero-order valence-corrected chi connectivity index (χ0v) is 24.7. The molecular weight excluding hydrogens is 562 g/mol. The molecule has 46 heavy (non-hydrogen) atoms. The molecule has 0 N–H and O–H groups in total. The summed E-state index contributed by atoms with van der Waals surface area (Å²) in [6.45, 7) is 0. The summed E-state index contributed by atoms with van der Waals surface area (Å²) >= 11 is 0. The van der Waals surface area contributed by atoms with Crippen molar-refractivity contribution < 1.29 is 8.83 Å². The summed E-state index contributed by atoms with van der Waals surface area (Å²) in [6.07, 6.45) is 0. The van der Waals surface area contributed by atoms with E-state index in [-0.39, 0.29) is 0 Å². The molecule has 0 spiro atoms. The molecule has 0 amide bonds. The molecule has 0 aliphatic rings. The summed E-state index contributed by atoms with van der Waals surface area (Å²) in [4.78, 5) is 0. The van der Waals surface area contributed by atoms with Gasteiger partial charge in [-0.2, -0.15) is 5.26 Å². The molecule has 3 heteroatoms. The van der Waals surface area contributed by atoms with Crippen molar-refractivity contribution in [3.05, 3.63) is 157 Å². The molecule has 0 aliphatic heterocycles. The van der Waals surface area contributed by atoms with Gasteiger partial charge in [-0.15, -0.1) is 0 Å². The first-order chi connectivity index (χ1) is 22.8. The molecule has 0 aliphatic carbocycles. The quantitative estimate of drug-likeness (QED) is 0.206. The van der Waals surface area contributed by atoms with Gasteiger partial charge < -0.3 is 8.83 Å². The molecule has 9 aromatic rings. The average molecular weight is 588 g/mol. The fraction of sp³-hybridized carbons (Fsp3) is 0. The Morgan fingerprint density at radius 1 is 0.391 bits per heavy atom. The number of nitrogens with zero attached hydrogens (tertiary/aromatic N) is 1. The maximum atomic E-state index is 9.97. The fourth-order valence-corrected chi connectivity index (χ4v) is 7.00. The van der Waals surface area contributed by atoms with Gasteiger partial charge in [0.2, 0.25) is 0 Å². The Morgan fingerprint density at radius 3 is 1.46 bits per heavy atom. The maximum absolute atomic E-state index is 9.97. The van der Waals surface area contributed by atoms with Crippen LogP contribution in [0.25, 0.3) is 88.4 Å². The second-order valence-electron chi connectivity index (χ2n) is 11.5. The van der Waals surface area contributed by atoms with Gasteiger partial charge in [-0.1, -0.05) is 115 Å². The number of para-hydroxylation sites is 2. The lowest BCUT2D eigenvalue weighted by molar-refractivity contribution is 0.668. The molecule has 0 saturated heterocycles. The lowest BCUT2D eigenvalue weighted by atomic mass is 9.81. The summed E-state index contributed by atoms with van der Waals surface area (Å²) < 4.78 is 12.7. The average Bonchev–Trinajstić information content (AvgIpc) is 3.70. The van der Waals surface area contributed by atoms with E-state index in [4.69, 9.17) is 8.83 Å². The second-order valence-corrected chi connectivity index (χ2v) is 11.5. The highest BCUT2D eigenvalue weighted by atomic mass is 16.3. The van der Waals surface area contributed by atoms with Gasteiger partial charge >= 0.3 is 0 Å². The minimum atomic E-state index is 0.614. The highest BCUT2D eigenvalue weighted by Gasteiger charge is 2.23. The van der Waals surface area contributed by atoms with Gasteiger partial charge in [-0.05, 0) is 80.9 Å². The lowest BCUT2D eigenvalue weighted by Crippen LogP contribution is -1.95. The normalized spacial score (nSPS) is 11.5. The summed E-state index contributed by atoms with van der Waals surface area (Å²) in [5.74, 6) is 0. The third kappa shape index (κ3) is 3.98. The molecule has 214 valence electrons. The molecule has 2 aromatic heterocycles. The highest BCUT2D eigenvalue weighted by Crippen LogP contribution is 2.49. The zero-order valence-electron chi connectivity index (χ0n) is 24.7. The molecule has 0 saturated carbocycles. The molecule has 0 fully saturated rings. The van der Waals surface area contributed by atoms with Gasteiger partial charge in [-0.3, -0.25) is 0 Å². The van der Waals surface area contributed by atoms with E-state index in [1.807, 2.05) is 60.7 Å². The number of furan rings is 2. The molecule has 0 unspecified atom stereocenters. The van der Waals surface area contributed by atoms with Gasteiger partial charge in [-0.25, -0.2) is 0 Å². The van der Waals surface area contributed by atoms with E-state index in [9.17, 15) is 5.26 Å². The first-order valence-electron chi connectivity index (χ1n) is 15.3. The van der Waals surface area contributed by atoms with Gasteiger partial charge in [0.15, 0.2) is 0 Å². The van der Waals surface area contributed by atoms with E-state index in [0.717, 1.165) is 88.4 Å². The molecule has 0 radical (unpaired) electrons. The SMILES string of the molecule is N#Cc1cccc(-c2c(-c3cccc4oc5ccccc5c34)ccc(-c3cccc4oc5ccccc5c34)c2-c2ccccc2)c1. The Morgan fingerprint density at radius 2 is 0.870 bits per heavy atom. The molecule has 7 aromatic carbocycles. The Kier molecular flexibility index (Phi) is 5.88. The van der Waals surface area contributed by atoms with Crippen molar-refractivity contribution in [3.8, 4) is 50.6 Å². The van der Waals surface area contributed by atoms with Crippen LogP contribution < -0.4 is 0 Å². The van der Waals surface area contributed by atoms with Crippen LogP contribution >= 0.6 is 0 Å². The summed E-state index contributed by atoms with van der Waals surface area (Å²) in [7, 11) is 0. The second kappa shape index (κ2) is 10.4. The standard InChI is InChI=1S/C43H25NO2/c44-26-27-11-8-14-29(25-27)41-33(31-18-10-22-39-43(31)35-16-5-7-20-37(35)46-39)24-23-32(40(41)28-12-2-1-3-13-28)30-17-9-21-38-42(30)34-15-4-6-19-36(34)45-38/h1-25H. The predicted octanol–water partition coefficient (Wildman–Crippen LogP) is 12.0. The molecule has 2 heterocycles. The van der Waals surface area contributed by atoms with Crippen LogP contribution in [0, 0.1) is 11.3 Å². The number of nitriles is 1. The number of fused-ring (bicyclic) bond motifs is 6. The minimum Gasteiger partial charge on any atom is -0.456 e. The van der Waals surface area contributed by atoms with Crippen LogP contribution in [0.15, 0.2) is 160 Å². The third-order valence-corrected chi connectivity index (χ3v) is 8.93. The predicted molar refractivity (Wildman–Crippen MR) is 187 cm³/mol. The van der Waals surface area contributed by atoms with Crippen molar-refractivity contribution in [2.45, 2.75) is 0 Å². The van der Waals surface area contributed by atoms with Crippen LogP contribution in [0.4, 0.5) is 0 Å². The van der Waals surface area contributed by atoms with Crippen molar-refractivity contribution in [1.82, 2.24) is 0 Å². The van der Waals surface area contributed by atoms with Crippen LogP contribution in [0.5, 0.6) is 0 Å². The van der Waals surface area contributed by atoms with Crippen molar-refractivity contribution in [1.29, 1.82) is 5.26 Å². The van der Waals surface area contributed by atoms with Crippen LogP contribution in [-0.2, 0) is 0 Å². The van der Waals surface area contributed by atoms with Crippen LogP contribution in [0.2, 0.25) is 0 Å². The lowest BCUT2D eigenvalue weighted by Gasteiger charge is -2.21. The molecular formula is C43H25NO2. The Bertz CT molecular complexity index is 2650. The number of benzene rings is 7. The summed E-state index contributed by atoms with van der Waals surface area (Å²) in [6, 6.07) is 54.3. The third-order valence-electron chi connectivity index (χ3n) is 8.93. The number of rotatable bonds is 4. The number of hydrogen-bond donors (Lipinski definition) is 0. The van der Waals surface area contributed by atoms with Crippen LogP contribution in [0.1, 0.15) is 5.56 Å². The number of hydrogen-bond acceptors (Lipinski definition) is 3. The van der Waals surface area contributed by atoms with E-state index >= 15 is 0 Å². The van der Waals surface area contributed by atoms with Gasteiger partial charge in [0.05, 0.1) is 11.6 Å². The minimum absolute atomic E-state index is 0.614. The first-order valence-corrected chi connectivity index (χ1v) is 15.3. The summed E-state index contributed by atoms with van der Waals surface area (Å²) in [5, 5.41) is 14.3. The first kappa shape index (κ1) is 26.1. The van der Waals surface area contributed by atoms with Crippen molar-refractivity contribution in [2.24, 2.45) is 0 Å². The van der Waals surface area contributed by atoms with E-state index in [2.05, 4.69) is 97.1 Å². The van der Waals surface area contributed by atoms with Crippen molar-refractivity contribution in [2.75, 3.05) is 0 Å². The van der Waals surface area contributed by atoms with Gasteiger partial charge in [0.25, 0.3) is 0 Å². The molecule has 0 bridgehead atoms. The highest BCUT2D eigenvalue weighted by molar-refractivity contribution is 6.18. The molecule has 3 nitrogen and oxygen atoms in total. The molecule has 0 atom stereocenters. The van der Waals surface area contributed by atoms with Crippen LogP contribution in [0.3, 0.4) is 0 Å². The Balaban J connectivity index is 1.46. The van der Waals surface area contributed by atoms with E-state index in [1.54, 1.807) is 0 Å². The topological polar surface area (TPSA) is 50.1 Å². The zero-order chi connectivity index (χ0) is 30.6. The van der Waals surface area contributed by atoms with E-state index in [0.29, 0.717) is 5.56 Å². The van der Waals surface area contributed by atoms with Crippen LogP contribution in [-0.4, -0.2) is 0 Å². The van der Waals surface area contributed by atoms with E-state index < -0.39 is 0 Å². The smallest absolute Gasteiger partial charge is 0.136 e. The maximum Gasteiger partial charge on any atom is 0.136 e. The largest absolute Gasteiger partial charge is 0.456 e. The fourth-order valence-electron chi connectivity index (χ4n) is 7.00. The Labute approximate surface area is 265 Å².